The number of aliphatic hydroxyl groups excluding tert-OH is 1. The van der Waals surface area contributed by atoms with Crippen LogP contribution < -0.4 is 4.74 Å². The quantitative estimate of drug-likeness (QED) is 0.819. The highest BCUT2D eigenvalue weighted by molar-refractivity contribution is 5.76. The van der Waals surface area contributed by atoms with Gasteiger partial charge in [-0.1, -0.05) is 0 Å². The molecule has 0 amide bonds. The molecule has 132 valence electrons. The molecule has 0 radical (unpaired) electrons. The van der Waals surface area contributed by atoms with E-state index in [0.717, 1.165) is 12.1 Å². The SMILES string of the molecule is O=C1OCC[C@@H]1Oc1ccc(C(F)(F)F)cc1.O=C1OCC[C@H]1O. The van der Waals surface area contributed by atoms with Crippen LogP contribution >= 0.6 is 0 Å². The van der Waals surface area contributed by atoms with Crippen LogP contribution in [-0.2, 0) is 25.2 Å². The summed E-state index contributed by atoms with van der Waals surface area (Å²) in [5, 5.41) is 8.52. The Morgan fingerprint density at radius 3 is 1.96 bits per heavy atom. The summed E-state index contributed by atoms with van der Waals surface area (Å²) in [5.74, 6) is -0.744. The Bertz CT molecular complexity index is 584. The maximum absolute atomic E-state index is 12.3. The Hall–Kier alpha value is -2.29. The Kier molecular flexibility index (Phi) is 5.66. The number of ether oxygens (including phenoxy) is 3. The molecule has 2 aliphatic rings. The zero-order valence-corrected chi connectivity index (χ0v) is 12.4. The molecule has 0 aliphatic carbocycles. The van der Waals surface area contributed by atoms with E-state index in [-0.39, 0.29) is 12.4 Å². The van der Waals surface area contributed by atoms with E-state index >= 15 is 0 Å². The van der Waals surface area contributed by atoms with Crippen LogP contribution in [0.2, 0.25) is 0 Å². The zero-order valence-electron chi connectivity index (χ0n) is 12.4. The average molecular weight is 348 g/mol. The van der Waals surface area contributed by atoms with Gasteiger partial charge in [-0.2, -0.15) is 13.2 Å². The lowest BCUT2D eigenvalue weighted by Crippen LogP contribution is -2.21. The van der Waals surface area contributed by atoms with E-state index in [1.54, 1.807) is 0 Å². The van der Waals surface area contributed by atoms with Gasteiger partial charge in [-0.3, -0.25) is 0 Å². The Morgan fingerprint density at radius 1 is 1.00 bits per heavy atom. The number of aliphatic hydroxyl groups is 1. The van der Waals surface area contributed by atoms with Gasteiger partial charge in [0.2, 0.25) is 0 Å². The highest BCUT2D eigenvalue weighted by Gasteiger charge is 2.31. The molecule has 2 aliphatic heterocycles. The van der Waals surface area contributed by atoms with Crippen molar-refractivity contribution >= 4 is 11.9 Å². The van der Waals surface area contributed by atoms with Gasteiger partial charge in [0.1, 0.15) is 5.75 Å². The third kappa shape index (κ3) is 4.85. The fourth-order valence-corrected chi connectivity index (χ4v) is 1.96. The van der Waals surface area contributed by atoms with Crippen LogP contribution in [0.5, 0.6) is 5.75 Å². The van der Waals surface area contributed by atoms with Crippen LogP contribution in [0.1, 0.15) is 18.4 Å². The maximum atomic E-state index is 12.3. The molecule has 0 saturated carbocycles. The van der Waals surface area contributed by atoms with E-state index < -0.39 is 35.9 Å². The highest BCUT2D eigenvalue weighted by atomic mass is 19.4. The molecule has 1 aromatic rings. The largest absolute Gasteiger partial charge is 0.479 e. The van der Waals surface area contributed by atoms with Crippen LogP contribution in [0.15, 0.2) is 24.3 Å². The number of carbonyl (C=O) groups excluding carboxylic acids is 2. The second-order valence-electron chi connectivity index (χ2n) is 5.06. The van der Waals surface area contributed by atoms with Crippen LogP contribution in [0.3, 0.4) is 0 Å². The highest BCUT2D eigenvalue weighted by Crippen LogP contribution is 2.30. The van der Waals surface area contributed by atoms with Gasteiger partial charge in [0.05, 0.1) is 18.8 Å². The third-order valence-corrected chi connectivity index (χ3v) is 3.25. The molecule has 24 heavy (non-hydrogen) atoms. The van der Waals surface area contributed by atoms with Crippen molar-refractivity contribution in [3.05, 3.63) is 29.8 Å². The van der Waals surface area contributed by atoms with Crippen LogP contribution in [0.4, 0.5) is 13.2 Å². The number of rotatable bonds is 2. The predicted molar refractivity (Wildman–Crippen MR) is 73.0 cm³/mol. The normalized spacial score (nSPS) is 23.2. The monoisotopic (exact) mass is 348 g/mol. The number of hydrogen-bond acceptors (Lipinski definition) is 6. The number of cyclic esters (lactones) is 2. The van der Waals surface area contributed by atoms with Crippen molar-refractivity contribution in [3.8, 4) is 5.75 Å². The number of hydrogen-bond donors (Lipinski definition) is 1. The van der Waals surface area contributed by atoms with E-state index in [2.05, 4.69) is 9.47 Å². The van der Waals surface area contributed by atoms with Crippen molar-refractivity contribution in [3.63, 3.8) is 0 Å². The molecule has 1 aromatic carbocycles. The Balaban J connectivity index is 0.000000249. The average Bonchev–Trinajstić information content (AvgIpc) is 3.09. The maximum Gasteiger partial charge on any atom is 0.416 e. The lowest BCUT2D eigenvalue weighted by Gasteiger charge is -2.11. The Morgan fingerprint density at radius 2 is 1.58 bits per heavy atom. The van der Waals surface area contributed by atoms with Gasteiger partial charge < -0.3 is 19.3 Å². The molecular formula is C15H15F3O6. The van der Waals surface area contributed by atoms with Gasteiger partial charge >= 0.3 is 18.1 Å². The lowest BCUT2D eigenvalue weighted by atomic mass is 10.2. The molecule has 0 bridgehead atoms. The summed E-state index contributed by atoms with van der Waals surface area (Å²) in [6.07, 6.45) is -5.06. The molecule has 2 atom stereocenters. The number of alkyl halides is 3. The van der Waals surface area contributed by atoms with Crippen molar-refractivity contribution < 1.29 is 42.1 Å². The molecule has 9 heteroatoms. The summed E-state index contributed by atoms with van der Waals surface area (Å²) in [7, 11) is 0. The van der Waals surface area contributed by atoms with E-state index in [4.69, 9.17) is 9.84 Å². The number of benzene rings is 1. The molecule has 0 spiro atoms. The van der Waals surface area contributed by atoms with E-state index in [0.29, 0.717) is 19.4 Å². The van der Waals surface area contributed by atoms with E-state index in [1.165, 1.54) is 12.1 Å². The summed E-state index contributed by atoms with van der Waals surface area (Å²) >= 11 is 0. The first kappa shape index (κ1) is 18.1. The number of esters is 2. The van der Waals surface area contributed by atoms with E-state index in [1.807, 2.05) is 0 Å². The molecule has 2 fully saturated rings. The van der Waals surface area contributed by atoms with Gasteiger partial charge in [-0.15, -0.1) is 0 Å². The Labute approximate surface area is 135 Å². The molecule has 2 heterocycles. The van der Waals surface area contributed by atoms with Gasteiger partial charge in [-0.05, 0) is 24.3 Å². The lowest BCUT2D eigenvalue weighted by molar-refractivity contribution is -0.144. The van der Waals surface area contributed by atoms with Crippen molar-refractivity contribution in [1.29, 1.82) is 0 Å². The summed E-state index contributed by atoms with van der Waals surface area (Å²) < 4.78 is 51.1. The second kappa shape index (κ2) is 7.52. The third-order valence-electron chi connectivity index (χ3n) is 3.25. The van der Waals surface area contributed by atoms with Crippen LogP contribution in [-0.4, -0.2) is 42.5 Å². The molecule has 1 N–H and O–H groups in total. The molecule has 2 saturated heterocycles. The predicted octanol–water partition coefficient (Wildman–Crippen LogP) is 1.69. The minimum atomic E-state index is -4.37. The number of halogens is 3. The summed E-state index contributed by atoms with van der Waals surface area (Å²) in [5.41, 5.74) is -0.751. The van der Waals surface area contributed by atoms with Gasteiger partial charge in [0.15, 0.2) is 12.2 Å². The summed E-state index contributed by atoms with van der Waals surface area (Å²) in [6.45, 7) is 0.657. The molecule has 0 unspecified atom stereocenters. The summed E-state index contributed by atoms with van der Waals surface area (Å²) in [4.78, 5) is 21.2. The van der Waals surface area contributed by atoms with Gasteiger partial charge in [0, 0.05) is 12.8 Å². The molecule has 0 aromatic heterocycles. The first-order chi connectivity index (χ1) is 11.3. The first-order valence-corrected chi connectivity index (χ1v) is 7.12. The number of carbonyl (C=O) groups is 2. The van der Waals surface area contributed by atoms with Gasteiger partial charge in [-0.25, -0.2) is 9.59 Å². The van der Waals surface area contributed by atoms with Crippen molar-refractivity contribution in [2.45, 2.75) is 31.2 Å². The zero-order chi connectivity index (χ0) is 17.7. The minimum absolute atomic E-state index is 0.224. The standard InChI is InChI=1S/C11H9F3O3.C4H6O3/c12-11(13,14)7-1-3-8(4-2-7)17-9-5-6-16-10(9)15;5-3-1-2-7-4(3)6/h1-4,9H,5-6H2;3,5H,1-2H2/t9-;3-/m01/s1. The smallest absolute Gasteiger partial charge is 0.416 e. The van der Waals surface area contributed by atoms with Gasteiger partial charge in [0.25, 0.3) is 0 Å². The molecule has 6 nitrogen and oxygen atoms in total. The van der Waals surface area contributed by atoms with Crippen molar-refractivity contribution in [2.75, 3.05) is 13.2 Å². The second-order valence-corrected chi connectivity index (χ2v) is 5.06. The first-order valence-electron chi connectivity index (χ1n) is 7.12. The van der Waals surface area contributed by atoms with Crippen molar-refractivity contribution in [2.24, 2.45) is 0 Å². The topological polar surface area (TPSA) is 82.1 Å². The van der Waals surface area contributed by atoms with Crippen LogP contribution in [0.25, 0.3) is 0 Å². The fourth-order valence-electron chi connectivity index (χ4n) is 1.96. The minimum Gasteiger partial charge on any atom is -0.479 e. The van der Waals surface area contributed by atoms with Crippen molar-refractivity contribution in [1.82, 2.24) is 0 Å². The molecule has 3 rings (SSSR count). The summed E-state index contributed by atoms with van der Waals surface area (Å²) in [6, 6.07) is 4.20. The molecular weight excluding hydrogens is 333 g/mol. The van der Waals surface area contributed by atoms with Crippen LogP contribution in [0, 0.1) is 0 Å². The van der Waals surface area contributed by atoms with E-state index in [9.17, 15) is 22.8 Å². The fraction of sp³-hybridized carbons (Fsp3) is 0.467.